The van der Waals surface area contributed by atoms with Gasteiger partial charge in [0.05, 0.1) is 12.4 Å². The highest BCUT2D eigenvalue weighted by molar-refractivity contribution is 7.89. The second-order valence-corrected chi connectivity index (χ2v) is 6.06. The number of hydrogen-bond acceptors (Lipinski definition) is 4. The van der Waals surface area contributed by atoms with Crippen LogP contribution in [0.15, 0.2) is 0 Å². The first-order chi connectivity index (χ1) is 6.97. The summed E-state index contributed by atoms with van der Waals surface area (Å²) < 4.78 is 30.1. The maximum Gasteiger partial charge on any atom is 0.216 e. The molecule has 1 rings (SSSR count). The second kappa shape index (κ2) is 6.76. The molecule has 0 aromatic heterocycles. The van der Waals surface area contributed by atoms with E-state index in [1.807, 2.05) is 13.8 Å². The van der Waals surface area contributed by atoms with Crippen molar-refractivity contribution in [2.24, 2.45) is 11.7 Å². The normalized spacial score (nSPS) is 26.7. The molecule has 98 valence electrons. The Balaban J connectivity index is 0.00000225. The molecule has 1 aliphatic rings. The fourth-order valence-corrected chi connectivity index (χ4v) is 3.06. The summed E-state index contributed by atoms with van der Waals surface area (Å²) in [6.07, 6.45) is 0. The number of hydrogen-bond donors (Lipinski definition) is 1. The van der Waals surface area contributed by atoms with Crippen LogP contribution in [0.4, 0.5) is 0 Å². The minimum atomic E-state index is -3.17. The van der Waals surface area contributed by atoms with E-state index in [-0.39, 0.29) is 36.7 Å². The van der Waals surface area contributed by atoms with Gasteiger partial charge in [-0.25, -0.2) is 8.42 Å². The standard InChI is InChI=1S/C9H20N2O3S.ClH/c1-3-14-4-5-15(12,13)11-6-8(2)9(10)7-11;/h8-9H,3-7,10H2,1-2H3;1H. The average molecular weight is 273 g/mol. The van der Waals surface area contributed by atoms with Crippen LogP contribution in [0.1, 0.15) is 13.8 Å². The molecule has 0 bridgehead atoms. The zero-order chi connectivity index (χ0) is 11.5. The number of sulfonamides is 1. The highest BCUT2D eigenvalue weighted by Crippen LogP contribution is 2.18. The summed E-state index contributed by atoms with van der Waals surface area (Å²) in [6.45, 7) is 5.61. The largest absolute Gasteiger partial charge is 0.381 e. The van der Waals surface area contributed by atoms with Gasteiger partial charge in [-0.05, 0) is 12.8 Å². The Kier molecular flexibility index (Phi) is 6.81. The van der Waals surface area contributed by atoms with Crippen molar-refractivity contribution in [3.8, 4) is 0 Å². The number of nitrogens with zero attached hydrogens (tertiary/aromatic N) is 1. The fraction of sp³-hybridized carbons (Fsp3) is 1.00. The first-order valence-electron chi connectivity index (χ1n) is 5.28. The van der Waals surface area contributed by atoms with Crippen LogP contribution in [0.5, 0.6) is 0 Å². The first-order valence-corrected chi connectivity index (χ1v) is 6.89. The van der Waals surface area contributed by atoms with E-state index in [1.165, 1.54) is 4.31 Å². The van der Waals surface area contributed by atoms with E-state index in [4.69, 9.17) is 10.5 Å². The van der Waals surface area contributed by atoms with Crippen molar-refractivity contribution >= 4 is 22.4 Å². The van der Waals surface area contributed by atoms with Gasteiger partial charge >= 0.3 is 0 Å². The van der Waals surface area contributed by atoms with Crippen molar-refractivity contribution in [1.82, 2.24) is 4.31 Å². The van der Waals surface area contributed by atoms with Crippen LogP contribution >= 0.6 is 12.4 Å². The van der Waals surface area contributed by atoms with Crippen molar-refractivity contribution in [1.29, 1.82) is 0 Å². The van der Waals surface area contributed by atoms with Crippen LogP contribution in [0.3, 0.4) is 0 Å². The lowest BCUT2D eigenvalue weighted by molar-refractivity contribution is 0.162. The number of halogens is 1. The van der Waals surface area contributed by atoms with Crippen LogP contribution in [0.25, 0.3) is 0 Å². The lowest BCUT2D eigenvalue weighted by Gasteiger charge is -2.15. The lowest BCUT2D eigenvalue weighted by Crippen LogP contribution is -2.34. The summed E-state index contributed by atoms with van der Waals surface area (Å²) in [5.41, 5.74) is 5.78. The third-order valence-electron chi connectivity index (χ3n) is 2.72. The van der Waals surface area contributed by atoms with Crippen LogP contribution in [-0.2, 0) is 14.8 Å². The Morgan fingerprint density at radius 3 is 2.50 bits per heavy atom. The predicted molar refractivity (Wildman–Crippen MR) is 66.2 cm³/mol. The molecule has 16 heavy (non-hydrogen) atoms. The smallest absolute Gasteiger partial charge is 0.216 e. The van der Waals surface area contributed by atoms with Gasteiger partial charge in [-0.3, -0.25) is 0 Å². The topological polar surface area (TPSA) is 72.6 Å². The molecule has 1 saturated heterocycles. The molecule has 0 radical (unpaired) electrons. The van der Waals surface area contributed by atoms with E-state index in [2.05, 4.69) is 0 Å². The van der Waals surface area contributed by atoms with Crippen LogP contribution < -0.4 is 5.73 Å². The molecule has 0 saturated carbocycles. The summed E-state index contributed by atoms with van der Waals surface area (Å²) in [6, 6.07) is -0.0353. The van der Waals surface area contributed by atoms with Crippen LogP contribution in [0, 0.1) is 5.92 Å². The van der Waals surface area contributed by atoms with E-state index >= 15 is 0 Å². The van der Waals surface area contributed by atoms with Gasteiger partial charge in [-0.15, -0.1) is 12.4 Å². The Morgan fingerprint density at radius 2 is 2.06 bits per heavy atom. The molecule has 0 aliphatic carbocycles. The Morgan fingerprint density at radius 1 is 1.44 bits per heavy atom. The lowest BCUT2D eigenvalue weighted by atomic mass is 10.1. The maximum atomic E-state index is 11.8. The van der Waals surface area contributed by atoms with E-state index in [9.17, 15) is 8.42 Å². The molecule has 1 aliphatic heterocycles. The van der Waals surface area contributed by atoms with Crippen molar-refractivity contribution in [2.75, 3.05) is 32.1 Å². The summed E-state index contributed by atoms with van der Waals surface area (Å²) in [5, 5.41) is 0. The quantitative estimate of drug-likeness (QED) is 0.718. The number of ether oxygens (including phenoxy) is 1. The fourth-order valence-electron chi connectivity index (χ4n) is 1.61. The van der Waals surface area contributed by atoms with Crippen molar-refractivity contribution in [2.45, 2.75) is 19.9 Å². The van der Waals surface area contributed by atoms with Crippen LogP contribution in [-0.4, -0.2) is 50.8 Å². The zero-order valence-electron chi connectivity index (χ0n) is 9.76. The van der Waals surface area contributed by atoms with Gasteiger partial charge in [0, 0.05) is 25.7 Å². The molecule has 5 nitrogen and oxygen atoms in total. The molecule has 2 atom stereocenters. The Hall–Kier alpha value is 0.120. The molecule has 0 amide bonds. The third-order valence-corrected chi connectivity index (χ3v) is 4.49. The van der Waals surface area contributed by atoms with Gasteiger partial charge in [-0.2, -0.15) is 4.31 Å². The van der Waals surface area contributed by atoms with Crippen LogP contribution in [0.2, 0.25) is 0 Å². The maximum absolute atomic E-state index is 11.8. The van der Waals surface area contributed by atoms with E-state index in [0.717, 1.165) is 0 Å². The highest BCUT2D eigenvalue weighted by atomic mass is 35.5. The minimum Gasteiger partial charge on any atom is -0.381 e. The third kappa shape index (κ3) is 4.18. The molecule has 1 fully saturated rings. The Bertz CT molecular complexity index is 287. The predicted octanol–water partition coefficient (Wildman–Crippen LogP) is 0.0535. The molecule has 0 spiro atoms. The van der Waals surface area contributed by atoms with Gasteiger partial charge in [0.15, 0.2) is 0 Å². The van der Waals surface area contributed by atoms with E-state index < -0.39 is 10.0 Å². The second-order valence-electron chi connectivity index (χ2n) is 3.97. The summed E-state index contributed by atoms with van der Waals surface area (Å²) in [4.78, 5) is 0. The summed E-state index contributed by atoms with van der Waals surface area (Å²) in [5.74, 6) is 0.298. The molecule has 0 aromatic rings. The van der Waals surface area contributed by atoms with Gasteiger partial charge in [0.1, 0.15) is 0 Å². The summed E-state index contributed by atoms with van der Waals surface area (Å²) in [7, 11) is -3.17. The molecular formula is C9H21ClN2O3S. The number of rotatable bonds is 5. The molecule has 2 unspecified atom stereocenters. The van der Waals surface area contributed by atoms with E-state index in [1.54, 1.807) is 0 Å². The minimum absolute atomic E-state index is 0. The van der Waals surface area contributed by atoms with E-state index in [0.29, 0.717) is 19.7 Å². The Labute approximate surface area is 104 Å². The van der Waals surface area contributed by atoms with Gasteiger partial charge < -0.3 is 10.5 Å². The molecule has 0 aromatic carbocycles. The van der Waals surface area contributed by atoms with Crippen molar-refractivity contribution < 1.29 is 13.2 Å². The summed E-state index contributed by atoms with van der Waals surface area (Å²) >= 11 is 0. The zero-order valence-corrected chi connectivity index (χ0v) is 11.4. The average Bonchev–Trinajstić information content (AvgIpc) is 2.48. The molecule has 1 heterocycles. The first kappa shape index (κ1) is 16.1. The van der Waals surface area contributed by atoms with Gasteiger partial charge in [-0.1, -0.05) is 6.92 Å². The SMILES string of the molecule is CCOCCS(=O)(=O)N1CC(C)C(N)C1.Cl. The van der Waals surface area contributed by atoms with Crippen molar-refractivity contribution in [3.05, 3.63) is 0 Å². The molecule has 7 heteroatoms. The van der Waals surface area contributed by atoms with Crippen molar-refractivity contribution in [3.63, 3.8) is 0 Å². The molecule has 2 N–H and O–H groups in total. The van der Waals surface area contributed by atoms with Gasteiger partial charge in [0.25, 0.3) is 0 Å². The molecular weight excluding hydrogens is 252 g/mol. The monoisotopic (exact) mass is 272 g/mol. The highest BCUT2D eigenvalue weighted by Gasteiger charge is 2.33. The van der Waals surface area contributed by atoms with Gasteiger partial charge in [0.2, 0.25) is 10.0 Å². The number of nitrogens with two attached hydrogens (primary N) is 1.